The number of hydrogen-bond donors (Lipinski definition) is 1. The summed E-state index contributed by atoms with van der Waals surface area (Å²) in [5, 5.41) is 10.9. The number of anilines is 1. The van der Waals surface area contributed by atoms with Crippen molar-refractivity contribution in [3.63, 3.8) is 0 Å². The molecule has 41 heavy (non-hydrogen) atoms. The summed E-state index contributed by atoms with van der Waals surface area (Å²) in [6.45, 7) is 3.99. The van der Waals surface area contributed by atoms with Crippen LogP contribution < -0.4 is 15.2 Å². The molecule has 9 nitrogen and oxygen atoms in total. The second kappa shape index (κ2) is 11.7. The molecule has 0 radical (unpaired) electrons. The number of rotatable bonds is 9. The van der Waals surface area contributed by atoms with Crippen LogP contribution in [0.4, 0.5) is 20.2 Å². The van der Waals surface area contributed by atoms with Gasteiger partial charge in [-0.05, 0) is 75.9 Å². The fraction of sp³-hybridized carbons (Fsp3) is 0.533. The van der Waals surface area contributed by atoms with Crippen LogP contribution in [-0.4, -0.2) is 58.6 Å². The number of ether oxygens (including phenoxy) is 1. The zero-order valence-electron chi connectivity index (χ0n) is 23.0. The Labute approximate surface area is 236 Å². The minimum absolute atomic E-state index is 0.0248. The molecule has 0 spiro atoms. The van der Waals surface area contributed by atoms with Gasteiger partial charge in [-0.2, -0.15) is 0 Å². The van der Waals surface area contributed by atoms with Crippen molar-refractivity contribution in [2.45, 2.75) is 57.4 Å². The largest absolute Gasteiger partial charge is 0.493 e. The summed E-state index contributed by atoms with van der Waals surface area (Å²) >= 11 is 0. The maximum atomic E-state index is 14.6. The molecule has 3 aliphatic rings. The lowest BCUT2D eigenvalue weighted by Crippen LogP contribution is -2.48. The highest BCUT2D eigenvalue weighted by Crippen LogP contribution is 2.32. The molecule has 1 N–H and O–H groups in total. The van der Waals surface area contributed by atoms with E-state index in [1.54, 1.807) is 6.07 Å². The summed E-state index contributed by atoms with van der Waals surface area (Å²) < 4.78 is 34.8. The summed E-state index contributed by atoms with van der Waals surface area (Å²) in [4.78, 5) is 34.8. The standard InChI is InChI=1S/C30H35F2N5O4/c31-24-15-22(37(39)40)4-5-27(24)36-13-9-21(10-14-36)35-11-7-19(8-12-35)3-6-28-33-26-17-23(41-18-20-1-2-20)16-25(32)29(26)30(38)34-28/h4-5,15-17,19-21H,1-3,6-14,18H2,(H,33,34,38). The van der Waals surface area contributed by atoms with E-state index in [-0.39, 0.29) is 11.1 Å². The Morgan fingerprint density at radius 3 is 2.41 bits per heavy atom. The van der Waals surface area contributed by atoms with Gasteiger partial charge in [-0.1, -0.05) is 0 Å². The number of non-ortho nitro benzene ring substituents is 1. The highest BCUT2D eigenvalue weighted by molar-refractivity contribution is 5.79. The van der Waals surface area contributed by atoms with Crippen LogP contribution in [0, 0.1) is 33.6 Å². The van der Waals surface area contributed by atoms with Gasteiger partial charge in [0.1, 0.15) is 22.8 Å². The molecule has 2 aliphatic heterocycles. The maximum Gasteiger partial charge on any atom is 0.272 e. The van der Waals surface area contributed by atoms with Crippen molar-refractivity contribution in [3.05, 3.63) is 68.3 Å². The van der Waals surface area contributed by atoms with Crippen molar-refractivity contribution in [1.82, 2.24) is 14.9 Å². The van der Waals surface area contributed by atoms with Crippen molar-refractivity contribution < 1.29 is 18.4 Å². The van der Waals surface area contributed by atoms with Crippen molar-refractivity contribution in [2.75, 3.05) is 37.7 Å². The van der Waals surface area contributed by atoms with E-state index < -0.39 is 22.1 Å². The normalized spacial score (nSPS) is 19.1. The van der Waals surface area contributed by atoms with E-state index in [0.717, 1.165) is 64.1 Å². The summed E-state index contributed by atoms with van der Waals surface area (Å²) in [7, 11) is 0. The Morgan fingerprint density at radius 1 is 0.976 bits per heavy atom. The highest BCUT2D eigenvalue weighted by atomic mass is 19.1. The number of benzene rings is 2. The Morgan fingerprint density at radius 2 is 1.73 bits per heavy atom. The Bertz CT molecular complexity index is 1480. The number of aromatic nitrogens is 2. The lowest BCUT2D eigenvalue weighted by atomic mass is 9.90. The molecule has 6 rings (SSSR count). The summed E-state index contributed by atoms with van der Waals surface area (Å²) in [6, 6.07) is 7.24. The van der Waals surface area contributed by atoms with Crippen LogP contribution in [0.5, 0.6) is 5.75 Å². The topological polar surface area (TPSA) is 105 Å². The molecule has 1 aliphatic carbocycles. The van der Waals surface area contributed by atoms with E-state index >= 15 is 0 Å². The molecule has 1 aromatic heterocycles. The maximum absolute atomic E-state index is 14.6. The predicted octanol–water partition coefficient (Wildman–Crippen LogP) is 5.21. The van der Waals surface area contributed by atoms with E-state index in [4.69, 9.17) is 4.74 Å². The number of likely N-dealkylation sites (tertiary alicyclic amines) is 1. The van der Waals surface area contributed by atoms with E-state index in [1.807, 2.05) is 4.90 Å². The van der Waals surface area contributed by atoms with Crippen molar-refractivity contribution in [2.24, 2.45) is 11.8 Å². The van der Waals surface area contributed by atoms with E-state index in [9.17, 15) is 23.7 Å². The number of piperidine rings is 2. The van der Waals surface area contributed by atoms with Gasteiger partial charge in [-0.3, -0.25) is 14.9 Å². The Balaban J connectivity index is 0.992. The number of hydrogen-bond acceptors (Lipinski definition) is 7. The molecule has 0 atom stereocenters. The van der Waals surface area contributed by atoms with Crippen LogP contribution in [-0.2, 0) is 6.42 Å². The van der Waals surface area contributed by atoms with E-state index in [0.29, 0.717) is 66.8 Å². The second-order valence-electron chi connectivity index (χ2n) is 11.7. The Hall–Kier alpha value is -3.60. The molecular formula is C30H35F2N5O4. The molecular weight excluding hydrogens is 532 g/mol. The number of nitro benzene ring substituents is 1. The molecule has 3 fully saturated rings. The summed E-state index contributed by atoms with van der Waals surface area (Å²) in [5.41, 5.74) is 0.0803. The fourth-order valence-electron chi connectivity index (χ4n) is 6.23. The number of nitro groups is 1. The molecule has 0 amide bonds. The smallest absolute Gasteiger partial charge is 0.272 e. The summed E-state index contributed by atoms with van der Waals surface area (Å²) in [6.07, 6.45) is 7.78. The van der Waals surface area contributed by atoms with Gasteiger partial charge >= 0.3 is 0 Å². The van der Waals surface area contributed by atoms with Crippen LogP contribution >= 0.6 is 0 Å². The molecule has 2 aromatic carbocycles. The van der Waals surface area contributed by atoms with Gasteiger partial charge in [0.25, 0.3) is 11.2 Å². The highest BCUT2D eigenvalue weighted by Gasteiger charge is 2.29. The van der Waals surface area contributed by atoms with Crippen molar-refractivity contribution in [3.8, 4) is 5.75 Å². The third-order valence-corrected chi connectivity index (χ3v) is 8.87. The average Bonchev–Trinajstić information content (AvgIpc) is 3.80. The first-order chi connectivity index (χ1) is 19.8. The Kier molecular flexibility index (Phi) is 7.88. The molecule has 3 aromatic rings. The average molecular weight is 568 g/mol. The van der Waals surface area contributed by atoms with Gasteiger partial charge in [0.05, 0.1) is 28.8 Å². The molecule has 0 unspecified atom stereocenters. The van der Waals surface area contributed by atoms with Gasteiger partial charge < -0.3 is 19.5 Å². The van der Waals surface area contributed by atoms with Crippen LogP contribution in [0.3, 0.4) is 0 Å². The monoisotopic (exact) mass is 567 g/mol. The minimum atomic E-state index is -0.607. The predicted molar refractivity (Wildman–Crippen MR) is 151 cm³/mol. The minimum Gasteiger partial charge on any atom is -0.493 e. The third kappa shape index (κ3) is 6.34. The SMILES string of the molecule is O=c1[nH]c(CCC2CCN(C3CCN(c4ccc([N+](=O)[O-])cc4F)CC3)CC2)nc2cc(OCC3CC3)cc(F)c12. The van der Waals surface area contributed by atoms with E-state index in [2.05, 4.69) is 14.9 Å². The fourth-order valence-corrected chi connectivity index (χ4v) is 6.23. The third-order valence-electron chi connectivity index (χ3n) is 8.87. The number of aryl methyl sites for hydroxylation is 1. The van der Waals surface area contributed by atoms with Crippen LogP contribution in [0.2, 0.25) is 0 Å². The van der Waals surface area contributed by atoms with Crippen LogP contribution in [0.15, 0.2) is 35.1 Å². The zero-order valence-corrected chi connectivity index (χ0v) is 23.0. The number of nitrogens with zero attached hydrogens (tertiary/aromatic N) is 4. The molecule has 11 heteroatoms. The first-order valence-electron chi connectivity index (χ1n) is 14.6. The number of aromatic amines is 1. The molecule has 3 heterocycles. The lowest BCUT2D eigenvalue weighted by molar-refractivity contribution is -0.385. The van der Waals surface area contributed by atoms with Crippen LogP contribution in [0.25, 0.3) is 10.9 Å². The van der Waals surface area contributed by atoms with E-state index in [1.165, 1.54) is 18.2 Å². The number of fused-ring (bicyclic) bond motifs is 1. The quantitative estimate of drug-likeness (QED) is 0.280. The van der Waals surface area contributed by atoms with Crippen molar-refractivity contribution in [1.29, 1.82) is 0 Å². The first kappa shape index (κ1) is 27.6. The first-order valence-corrected chi connectivity index (χ1v) is 14.6. The van der Waals surface area contributed by atoms with Gasteiger partial charge in [-0.25, -0.2) is 13.8 Å². The number of H-pyrrole nitrogens is 1. The molecule has 1 saturated carbocycles. The molecule has 0 bridgehead atoms. The summed E-state index contributed by atoms with van der Waals surface area (Å²) in [5.74, 6) is 0.906. The zero-order chi connectivity index (χ0) is 28.5. The van der Waals surface area contributed by atoms with Crippen molar-refractivity contribution >= 4 is 22.3 Å². The number of halogens is 2. The molecule has 2 saturated heterocycles. The van der Waals surface area contributed by atoms with Gasteiger partial charge in [0.15, 0.2) is 5.82 Å². The van der Waals surface area contributed by atoms with Gasteiger partial charge in [-0.15, -0.1) is 0 Å². The molecule has 218 valence electrons. The lowest BCUT2D eigenvalue weighted by Gasteiger charge is -2.42. The van der Waals surface area contributed by atoms with Crippen LogP contribution in [0.1, 0.15) is 50.8 Å². The second-order valence-corrected chi connectivity index (χ2v) is 11.7. The number of nitrogens with one attached hydrogen (secondary N) is 1. The van der Waals surface area contributed by atoms with Gasteiger partial charge in [0.2, 0.25) is 0 Å². The van der Waals surface area contributed by atoms with Gasteiger partial charge in [0, 0.05) is 43.8 Å².